The monoisotopic (exact) mass is 420 g/mol. The number of halogens is 1. The third-order valence-corrected chi connectivity index (χ3v) is 6.07. The van der Waals surface area contributed by atoms with Crippen molar-refractivity contribution in [1.82, 2.24) is 20.0 Å². The molecule has 1 saturated heterocycles. The van der Waals surface area contributed by atoms with Crippen molar-refractivity contribution >= 4 is 5.91 Å². The summed E-state index contributed by atoms with van der Waals surface area (Å²) >= 11 is 0. The highest BCUT2D eigenvalue weighted by atomic mass is 19.1. The Labute approximate surface area is 182 Å². The van der Waals surface area contributed by atoms with Crippen LogP contribution in [-0.2, 0) is 24.8 Å². The predicted molar refractivity (Wildman–Crippen MR) is 120 cm³/mol. The summed E-state index contributed by atoms with van der Waals surface area (Å²) in [6, 6.07) is 16.8. The lowest BCUT2D eigenvalue weighted by atomic mass is 10.0. The van der Waals surface area contributed by atoms with Crippen LogP contribution in [0.1, 0.15) is 29.7 Å². The Hall–Kier alpha value is -2.99. The molecule has 3 aromatic rings. The normalized spacial score (nSPS) is 15.2. The van der Waals surface area contributed by atoms with E-state index < -0.39 is 0 Å². The van der Waals surface area contributed by atoms with Gasteiger partial charge in [0.15, 0.2) is 0 Å². The van der Waals surface area contributed by atoms with Crippen LogP contribution in [0.15, 0.2) is 54.6 Å². The van der Waals surface area contributed by atoms with Crippen LogP contribution in [-0.4, -0.2) is 39.7 Å². The highest BCUT2D eigenvalue weighted by Gasteiger charge is 2.22. The quantitative estimate of drug-likeness (QED) is 0.659. The summed E-state index contributed by atoms with van der Waals surface area (Å²) in [5, 5.41) is 7.79. The summed E-state index contributed by atoms with van der Waals surface area (Å²) in [6.45, 7) is 4.73. The molecule has 2 heterocycles. The number of nitrogens with one attached hydrogen (secondary N) is 1. The smallest absolute Gasteiger partial charge is 0.224 e. The zero-order valence-electron chi connectivity index (χ0n) is 18.1. The van der Waals surface area contributed by atoms with E-state index in [1.54, 1.807) is 12.1 Å². The fourth-order valence-electron chi connectivity index (χ4n) is 4.14. The van der Waals surface area contributed by atoms with Gasteiger partial charge in [0.25, 0.3) is 0 Å². The van der Waals surface area contributed by atoms with Gasteiger partial charge in [-0.3, -0.25) is 14.4 Å². The molecule has 0 spiro atoms. The van der Waals surface area contributed by atoms with Crippen LogP contribution in [0.25, 0.3) is 11.3 Å². The molecule has 5 nitrogen and oxygen atoms in total. The van der Waals surface area contributed by atoms with Gasteiger partial charge in [-0.15, -0.1) is 0 Å². The number of carbonyl (C=O) groups is 1. The lowest BCUT2D eigenvalue weighted by Gasteiger charge is -2.32. The molecule has 1 amide bonds. The highest BCUT2D eigenvalue weighted by Crippen LogP contribution is 2.21. The van der Waals surface area contributed by atoms with Crippen LogP contribution in [0.2, 0.25) is 0 Å². The second-order valence-electron chi connectivity index (χ2n) is 8.37. The molecule has 2 aromatic carbocycles. The molecule has 0 saturated carbocycles. The molecule has 4 rings (SSSR count). The molecule has 0 aliphatic carbocycles. The lowest BCUT2D eigenvalue weighted by molar-refractivity contribution is -0.121. The summed E-state index contributed by atoms with van der Waals surface area (Å²) in [6.07, 6.45) is 2.33. The van der Waals surface area contributed by atoms with Crippen molar-refractivity contribution in [1.29, 1.82) is 0 Å². The number of aryl methyl sites for hydroxylation is 2. The van der Waals surface area contributed by atoms with Crippen molar-refractivity contribution in [3.05, 3.63) is 77.2 Å². The number of hydrogen-bond donors (Lipinski definition) is 1. The third kappa shape index (κ3) is 5.39. The van der Waals surface area contributed by atoms with Crippen molar-refractivity contribution in [2.24, 2.45) is 7.05 Å². The van der Waals surface area contributed by atoms with Crippen LogP contribution in [0.5, 0.6) is 0 Å². The maximum atomic E-state index is 13.2. The summed E-state index contributed by atoms with van der Waals surface area (Å²) in [4.78, 5) is 14.8. The molecular weight excluding hydrogens is 391 g/mol. The molecule has 1 fully saturated rings. The van der Waals surface area contributed by atoms with Gasteiger partial charge in [-0.1, -0.05) is 24.3 Å². The number of likely N-dealkylation sites (tertiary alicyclic amines) is 1. The van der Waals surface area contributed by atoms with Gasteiger partial charge in [-0.2, -0.15) is 5.10 Å². The Bertz CT molecular complexity index is 1040. The predicted octanol–water partition coefficient (Wildman–Crippen LogP) is 3.86. The van der Waals surface area contributed by atoms with E-state index in [9.17, 15) is 9.18 Å². The van der Waals surface area contributed by atoms with E-state index in [0.717, 1.165) is 60.6 Å². The van der Waals surface area contributed by atoms with Gasteiger partial charge in [0.2, 0.25) is 5.91 Å². The number of carbonyl (C=O) groups excluding carboxylic acids is 1. The van der Waals surface area contributed by atoms with Gasteiger partial charge in [-0.05, 0) is 61.2 Å². The minimum absolute atomic E-state index is 0.100. The van der Waals surface area contributed by atoms with E-state index in [4.69, 9.17) is 0 Å². The largest absolute Gasteiger partial charge is 0.353 e. The van der Waals surface area contributed by atoms with E-state index >= 15 is 0 Å². The Morgan fingerprint density at radius 3 is 2.55 bits per heavy atom. The number of piperidine rings is 1. The molecule has 0 bridgehead atoms. The average molecular weight is 421 g/mol. The van der Waals surface area contributed by atoms with Gasteiger partial charge < -0.3 is 5.32 Å². The Morgan fingerprint density at radius 2 is 1.84 bits per heavy atom. The third-order valence-electron chi connectivity index (χ3n) is 6.07. The first-order chi connectivity index (χ1) is 15.0. The minimum Gasteiger partial charge on any atom is -0.353 e. The first kappa shape index (κ1) is 21.2. The number of aromatic nitrogens is 2. The number of rotatable bonds is 6. The Balaban J connectivity index is 1.28. The first-order valence-corrected chi connectivity index (χ1v) is 10.8. The standard InChI is InChI=1S/C25H29FN4O/c1-18-5-3-4-6-20(18)15-25(31)27-22-11-13-30(14-12-22)17-23-16-24(28-29(23)2)19-7-9-21(26)10-8-19/h3-10,16,22H,11-15,17H2,1-2H3,(H,27,31). The minimum atomic E-state index is -0.242. The maximum Gasteiger partial charge on any atom is 0.224 e. The Morgan fingerprint density at radius 1 is 1.13 bits per heavy atom. The van der Waals surface area contributed by atoms with E-state index in [1.807, 2.05) is 42.9 Å². The second-order valence-corrected chi connectivity index (χ2v) is 8.37. The summed E-state index contributed by atoms with van der Waals surface area (Å²) < 4.78 is 15.1. The second kappa shape index (κ2) is 9.43. The van der Waals surface area contributed by atoms with Crippen molar-refractivity contribution in [2.45, 2.75) is 38.8 Å². The Kier molecular flexibility index (Phi) is 6.47. The topological polar surface area (TPSA) is 50.2 Å². The van der Waals surface area contributed by atoms with E-state index in [2.05, 4.69) is 21.4 Å². The molecule has 6 heteroatoms. The van der Waals surface area contributed by atoms with Gasteiger partial charge in [0.1, 0.15) is 5.82 Å². The molecule has 1 aromatic heterocycles. The van der Waals surface area contributed by atoms with Gasteiger partial charge in [0.05, 0.1) is 17.8 Å². The van der Waals surface area contributed by atoms with Crippen molar-refractivity contribution in [2.75, 3.05) is 13.1 Å². The lowest BCUT2D eigenvalue weighted by Crippen LogP contribution is -2.45. The molecule has 1 aliphatic heterocycles. The molecule has 31 heavy (non-hydrogen) atoms. The summed E-state index contributed by atoms with van der Waals surface area (Å²) in [5.74, 6) is -0.142. The molecule has 1 aliphatic rings. The number of hydrogen-bond acceptors (Lipinski definition) is 3. The number of nitrogens with zero attached hydrogens (tertiary/aromatic N) is 3. The van der Waals surface area contributed by atoms with Gasteiger partial charge in [0, 0.05) is 38.3 Å². The van der Waals surface area contributed by atoms with Crippen molar-refractivity contribution < 1.29 is 9.18 Å². The van der Waals surface area contributed by atoms with Gasteiger partial charge >= 0.3 is 0 Å². The molecule has 1 N–H and O–H groups in total. The first-order valence-electron chi connectivity index (χ1n) is 10.8. The average Bonchev–Trinajstić information content (AvgIpc) is 3.12. The molecule has 0 unspecified atom stereocenters. The number of benzene rings is 2. The van der Waals surface area contributed by atoms with Crippen molar-refractivity contribution in [3.63, 3.8) is 0 Å². The highest BCUT2D eigenvalue weighted by molar-refractivity contribution is 5.79. The zero-order valence-corrected chi connectivity index (χ0v) is 18.1. The fraction of sp³-hybridized carbons (Fsp3) is 0.360. The molecule has 0 atom stereocenters. The van der Waals surface area contributed by atoms with Crippen LogP contribution in [0.4, 0.5) is 4.39 Å². The molecule has 0 radical (unpaired) electrons. The fourth-order valence-corrected chi connectivity index (χ4v) is 4.14. The maximum absolute atomic E-state index is 13.2. The van der Waals surface area contributed by atoms with Gasteiger partial charge in [-0.25, -0.2) is 4.39 Å². The molecule has 162 valence electrons. The molecular formula is C25H29FN4O. The zero-order chi connectivity index (χ0) is 21.8. The van der Waals surface area contributed by atoms with E-state index in [-0.39, 0.29) is 17.8 Å². The van der Waals surface area contributed by atoms with Crippen molar-refractivity contribution in [3.8, 4) is 11.3 Å². The van der Waals surface area contributed by atoms with E-state index in [1.165, 1.54) is 12.1 Å². The van der Waals surface area contributed by atoms with Crippen LogP contribution >= 0.6 is 0 Å². The number of amides is 1. The van der Waals surface area contributed by atoms with Crippen LogP contribution in [0.3, 0.4) is 0 Å². The van der Waals surface area contributed by atoms with Crippen LogP contribution in [0, 0.1) is 12.7 Å². The summed E-state index contributed by atoms with van der Waals surface area (Å²) in [7, 11) is 1.95. The summed E-state index contributed by atoms with van der Waals surface area (Å²) in [5.41, 5.74) is 5.14. The van der Waals surface area contributed by atoms with E-state index in [0.29, 0.717) is 6.42 Å². The SMILES string of the molecule is Cc1ccccc1CC(=O)NC1CCN(Cc2cc(-c3ccc(F)cc3)nn2C)CC1. The van der Waals surface area contributed by atoms with Crippen LogP contribution < -0.4 is 5.32 Å².